The van der Waals surface area contributed by atoms with E-state index in [1.54, 1.807) is 7.11 Å². The topological polar surface area (TPSA) is 70.6 Å². The highest BCUT2D eigenvalue weighted by molar-refractivity contribution is 14.0. The van der Waals surface area contributed by atoms with Gasteiger partial charge in [0.05, 0.1) is 5.56 Å². The third kappa shape index (κ3) is 8.15. The molecule has 1 aliphatic rings. The van der Waals surface area contributed by atoms with Gasteiger partial charge in [0.2, 0.25) is 0 Å². The minimum atomic E-state index is -4.43. The Morgan fingerprint density at radius 3 is 2.62 bits per heavy atom. The largest absolute Gasteiger partial charge is 0.419 e. The van der Waals surface area contributed by atoms with Crippen molar-refractivity contribution in [3.05, 3.63) is 23.9 Å². The van der Waals surface area contributed by atoms with Crippen molar-refractivity contribution in [1.29, 1.82) is 0 Å². The van der Waals surface area contributed by atoms with E-state index in [2.05, 4.69) is 25.9 Å². The quantitative estimate of drug-likeness (QED) is 0.186. The van der Waals surface area contributed by atoms with Crippen LogP contribution in [0.4, 0.5) is 19.0 Å². The molecule has 1 heterocycles. The number of methoxy groups -OCH3 is 1. The first-order valence-electron chi connectivity index (χ1n) is 9.67. The van der Waals surface area contributed by atoms with E-state index in [1.807, 2.05) is 6.92 Å². The summed E-state index contributed by atoms with van der Waals surface area (Å²) in [7, 11) is 1.71. The van der Waals surface area contributed by atoms with Gasteiger partial charge in [-0.1, -0.05) is 6.42 Å². The van der Waals surface area contributed by atoms with Gasteiger partial charge in [-0.05, 0) is 43.7 Å². The molecule has 0 saturated heterocycles. The number of aliphatic imine (C=N–C) groups is 1. The molecule has 1 aliphatic carbocycles. The van der Waals surface area contributed by atoms with Gasteiger partial charge < -0.3 is 20.7 Å². The zero-order valence-corrected chi connectivity index (χ0v) is 19.3. The highest BCUT2D eigenvalue weighted by atomic mass is 127. The van der Waals surface area contributed by atoms with Gasteiger partial charge in [0, 0.05) is 46.1 Å². The third-order valence-electron chi connectivity index (χ3n) is 4.99. The van der Waals surface area contributed by atoms with Crippen LogP contribution in [-0.4, -0.2) is 50.8 Å². The van der Waals surface area contributed by atoms with Gasteiger partial charge in [0.1, 0.15) is 5.82 Å². The standard InChI is InChI=1S/C19H30F3N5O.HI/c1-3-23-17(27-14-18(7-5-8-18)9-13-28-2)26-12-11-25-16-15(19(20,21)22)6-4-10-24-16;/h4,6,10H,3,5,7-9,11-14H2,1-2H3,(H,24,25)(H2,23,26,27);1H. The summed E-state index contributed by atoms with van der Waals surface area (Å²) >= 11 is 0. The maximum absolute atomic E-state index is 13.0. The number of hydrogen-bond donors (Lipinski definition) is 3. The fourth-order valence-corrected chi connectivity index (χ4v) is 3.21. The number of guanidine groups is 1. The van der Waals surface area contributed by atoms with Crippen molar-refractivity contribution >= 4 is 35.8 Å². The number of ether oxygens (including phenoxy) is 1. The fraction of sp³-hybridized carbons (Fsp3) is 0.684. The molecule has 0 atom stereocenters. The molecule has 3 N–H and O–H groups in total. The molecular formula is C19H31F3IN5O. The van der Waals surface area contributed by atoms with Crippen molar-refractivity contribution in [3.63, 3.8) is 0 Å². The zero-order chi connectivity index (χ0) is 20.5. The molecular weight excluding hydrogens is 498 g/mol. The van der Waals surface area contributed by atoms with Crippen LogP contribution >= 0.6 is 24.0 Å². The summed E-state index contributed by atoms with van der Waals surface area (Å²) in [6.45, 7) is 4.85. The minimum absolute atomic E-state index is 0. The smallest absolute Gasteiger partial charge is 0.385 e. The average molecular weight is 529 g/mol. The van der Waals surface area contributed by atoms with Crippen LogP contribution in [0.25, 0.3) is 0 Å². The van der Waals surface area contributed by atoms with Crippen LogP contribution in [0.15, 0.2) is 23.3 Å². The number of nitrogens with zero attached hydrogens (tertiary/aromatic N) is 2. The molecule has 10 heteroatoms. The van der Waals surface area contributed by atoms with E-state index in [-0.39, 0.29) is 35.2 Å². The number of hydrogen-bond acceptors (Lipinski definition) is 4. The van der Waals surface area contributed by atoms with Crippen molar-refractivity contribution in [3.8, 4) is 0 Å². The Bertz CT molecular complexity index is 639. The molecule has 0 bridgehead atoms. The van der Waals surface area contributed by atoms with Gasteiger partial charge in [0.25, 0.3) is 0 Å². The molecule has 1 saturated carbocycles. The molecule has 6 nitrogen and oxygen atoms in total. The van der Waals surface area contributed by atoms with Crippen molar-refractivity contribution < 1.29 is 17.9 Å². The molecule has 1 fully saturated rings. The van der Waals surface area contributed by atoms with Gasteiger partial charge in [-0.25, -0.2) is 4.98 Å². The van der Waals surface area contributed by atoms with E-state index in [9.17, 15) is 13.2 Å². The molecule has 1 aromatic heterocycles. The van der Waals surface area contributed by atoms with Crippen LogP contribution in [0.3, 0.4) is 0 Å². The van der Waals surface area contributed by atoms with Gasteiger partial charge >= 0.3 is 6.18 Å². The Kier molecular flexibility index (Phi) is 11.0. The number of halogens is 4. The molecule has 0 amide bonds. The monoisotopic (exact) mass is 529 g/mol. The van der Waals surface area contributed by atoms with E-state index >= 15 is 0 Å². The predicted octanol–water partition coefficient (Wildman–Crippen LogP) is 3.89. The molecule has 0 unspecified atom stereocenters. The highest BCUT2D eigenvalue weighted by Crippen LogP contribution is 2.44. The number of rotatable bonds is 10. The average Bonchev–Trinajstić information content (AvgIpc) is 2.63. The summed E-state index contributed by atoms with van der Waals surface area (Å²) in [5, 5.41) is 9.09. The molecule has 0 spiro atoms. The first-order chi connectivity index (χ1) is 13.4. The predicted molar refractivity (Wildman–Crippen MR) is 120 cm³/mol. The number of pyridine rings is 1. The molecule has 2 rings (SSSR count). The first kappa shape index (κ1) is 25.7. The van der Waals surface area contributed by atoms with Gasteiger partial charge in [-0.2, -0.15) is 13.2 Å². The van der Waals surface area contributed by atoms with Gasteiger partial charge in [0.15, 0.2) is 5.96 Å². The Morgan fingerprint density at radius 1 is 1.28 bits per heavy atom. The molecule has 0 radical (unpaired) electrons. The van der Waals surface area contributed by atoms with Gasteiger partial charge in [-0.3, -0.25) is 4.99 Å². The number of nitrogens with one attached hydrogen (secondary N) is 3. The maximum Gasteiger partial charge on any atom is 0.419 e. The van der Waals surface area contributed by atoms with Crippen LogP contribution in [-0.2, 0) is 10.9 Å². The van der Waals surface area contributed by atoms with Crippen molar-refractivity contribution in [2.75, 3.05) is 45.2 Å². The number of aromatic nitrogens is 1. The summed E-state index contributed by atoms with van der Waals surface area (Å²) < 4.78 is 44.2. The minimum Gasteiger partial charge on any atom is -0.385 e. The second kappa shape index (κ2) is 12.4. The van der Waals surface area contributed by atoms with Crippen LogP contribution in [0.5, 0.6) is 0 Å². The lowest BCUT2D eigenvalue weighted by atomic mass is 9.67. The normalized spacial score (nSPS) is 15.8. The lowest BCUT2D eigenvalue weighted by molar-refractivity contribution is -0.137. The van der Waals surface area contributed by atoms with E-state index in [1.165, 1.54) is 18.7 Å². The second-order valence-electron chi connectivity index (χ2n) is 7.04. The molecule has 0 aromatic carbocycles. The van der Waals surface area contributed by atoms with E-state index in [0.717, 1.165) is 38.5 Å². The molecule has 1 aromatic rings. The molecule has 29 heavy (non-hydrogen) atoms. The lowest BCUT2D eigenvalue weighted by Gasteiger charge is -2.40. The first-order valence-corrected chi connectivity index (χ1v) is 9.67. The van der Waals surface area contributed by atoms with Crippen LogP contribution in [0.1, 0.15) is 38.2 Å². The zero-order valence-electron chi connectivity index (χ0n) is 16.9. The lowest BCUT2D eigenvalue weighted by Crippen LogP contribution is -2.41. The number of alkyl halides is 3. The molecule has 0 aliphatic heterocycles. The van der Waals surface area contributed by atoms with Crippen molar-refractivity contribution in [2.45, 2.75) is 38.8 Å². The van der Waals surface area contributed by atoms with E-state index < -0.39 is 11.7 Å². The maximum atomic E-state index is 13.0. The Hall–Kier alpha value is -1.30. The van der Waals surface area contributed by atoms with Gasteiger partial charge in [-0.15, -0.1) is 24.0 Å². The fourth-order valence-electron chi connectivity index (χ4n) is 3.21. The van der Waals surface area contributed by atoms with E-state index in [4.69, 9.17) is 4.74 Å². The Balaban J connectivity index is 0.00000420. The van der Waals surface area contributed by atoms with E-state index in [0.29, 0.717) is 25.6 Å². The summed E-state index contributed by atoms with van der Waals surface area (Å²) in [4.78, 5) is 8.47. The summed E-state index contributed by atoms with van der Waals surface area (Å²) in [6.07, 6.45) is 1.43. The second-order valence-corrected chi connectivity index (χ2v) is 7.04. The number of anilines is 1. The highest BCUT2D eigenvalue weighted by Gasteiger charge is 2.36. The van der Waals surface area contributed by atoms with Crippen LogP contribution in [0, 0.1) is 5.41 Å². The van der Waals surface area contributed by atoms with Crippen LogP contribution < -0.4 is 16.0 Å². The summed E-state index contributed by atoms with van der Waals surface area (Å²) in [6, 6.07) is 2.30. The Morgan fingerprint density at radius 2 is 2.03 bits per heavy atom. The summed E-state index contributed by atoms with van der Waals surface area (Å²) in [5.41, 5.74) is -0.549. The van der Waals surface area contributed by atoms with Crippen molar-refractivity contribution in [2.24, 2.45) is 10.4 Å². The molecule has 166 valence electrons. The van der Waals surface area contributed by atoms with Crippen molar-refractivity contribution in [1.82, 2.24) is 15.6 Å². The Labute approximate surface area is 187 Å². The third-order valence-corrected chi connectivity index (χ3v) is 4.99. The summed E-state index contributed by atoms with van der Waals surface area (Å²) in [5.74, 6) is 0.511. The van der Waals surface area contributed by atoms with Crippen LogP contribution in [0.2, 0.25) is 0 Å². The SMILES string of the molecule is CCNC(=NCC1(CCOC)CCC1)NCCNc1ncccc1C(F)(F)F.I.